The van der Waals surface area contributed by atoms with Crippen LogP contribution in [0.5, 0.6) is 0 Å². The molecule has 0 bridgehead atoms. The average molecular weight is 636 g/mol. The first-order valence-corrected chi connectivity index (χ1v) is 15.8. The Morgan fingerprint density at radius 1 is 0.367 bits per heavy atom. The number of fused-ring (bicyclic) bond motifs is 6. The maximum atomic E-state index is 9.23. The summed E-state index contributed by atoms with van der Waals surface area (Å²) >= 11 is 0. The Balaban J connectivity index is 1.23. The van der Waals surface area contributed by atoms with Crippen LogP contribution in [0.25, 0.3) is 98.8 Å². The average Bonchev–Trinajstić information content (AvgIpc) is 3.67. The molecule has 228 valence electrons. The summed E-state index contributed by atoms with van der Waals surface area (Å²) in [7, 11) is 0. The van der Waals surface area contributed by atoms with Crippen LogP contribution in [-0.2, 0) is 0 Å². The molecule has 0 atom stereocenters. The molecule has 9 aromatic carbocycles. The molecule has 0 amide bonds. The Morgan fingerprint density at radius 3 is 1.65 bits per heavy atom. The first-order chi connectivity index (χ1) is 29.7. The number of benzene rings is 9. The molecule has 0 spiro atoms. The van der Waals surface area contributed by atoms with E-state index in [2.05, 4.69) is 30.3 Å². The highest BCUT2D eigenvalue weighted by atomic mass is 16.3. The van der Waals surface area contributed by atoms with Gasteiger partial charge in [-0.2, -0.15) is 0 Å². The highest BCUT2D eigenvalue weighted by Crippen LogP contribution is 2.44. The molecular formula is C48H30O. The van der Waals surface area contributed by atoms with E-state index in [1.165, 1.54) is 0 Å². The van der Waals surface area contributed by atoms with Gasteiger partial charge >= 0.3 is 0 Å². The molecule has 0 saturated carbocycles. The third kappa shape index (κ3) is 4.40. The lowest BCUT2D eigenvalue weighted by Gasteiger charge is -2.18. The van der Waals surface area contributed by atoms with E-state index in [0.717, 1.165) is 43.8 Å². The van der Waals surface area contributed by atoms with Crippen molar-refractivity contribution in [3.8, 4) is 44.5 Å². The maximum absolute atomic E-state index is 9.23. The molecule has 0 unspecified atom stereocenters. The Kier molecular flexibility index (Phi) is 3.99. The zero-order chi connectivity index (χ0) is 43.6. The predicted molar refractivity (Wildman–Crippen MR) is 208 cm³/mol. The summed E-state index contributed by atoms with van der Waals surface area (Å²) < 4.78 is 121. The fourth-order valence-corrected chi connectivity index (χ4v) is 7.03. The van der Waals surface area contributed by atoms with Gasteiger partial charge in [-0.3, -0.25) is 0 Å². The minimum atomic E-state index is -0.714. The van der Waals surface area contributed by atoms with E-state index < -0.39 is 84.1 Å². The fraction of sp³-hybridized carbons (Fsp3) is 0. The lowest BCUT2D eigenvalue weighted by Crippen LogP contribution is -1.90. The van der Waals surface area contributed by atoms with Crippen LogP contribution in [0, 0.1) is 0 Å². The first kappa shape index (κ1) is 17.6. The van der Waals surface area contributed by atoms with Gasteiger partial charge in [0.05, 0.1) is 17.8 Å². The normalized spacial score (nSPS) is 15.4. The van der Waals surface area contributed by atoms with Gasteiger partial charge in [0.25, 0.3) is 0 Å². The summed E-state index contributed by atoms with van der Waals surface area (Å²) in [6.07, 6.45) is 0. The SMILES string of the molecule is [2H]c1c([2H])c([2H])c(-c2c3c([2H])c([2H])c([2H])c([2H])c3c(-c3ccc(-c4cccc5c4oc4ccc(-c6cccc7ccccc67)cc45)cc3)c3c([2H])c([2H])c([2H])c([2H])c23)c([2H])c1[2H]. The molecule has 0 fully saturated rings. The van der Waals surface area contributed by atoms with E-state index in [-0.39, 0.29) is 32.7 Å². The van der Waals surface area contributed by atoms with Gasteiger partial charge in [-0.1, -0.05) is 170 Å². The molecular weight excluding hydrogens is 593 g/mol. The quantitative estimate of drug-likeness (QED) is 0.175. The molecule has 10 aromatic rings. The lowest BCUT2D eigenvalue weighted by atomic mass is 9.85. The van der Waals surface area contributed by atoms with Gasteiger partial charge < -0.3 is 4.42 Å². The van der Waals surface area contributed by atoms with Gasteiger partial charge in [0.1, 0.15) is 11.2 Å². The Bertz CT molecular complexity index is 3500. The number of hydrogen-bond acceptors (Lipinski definition) is 1. The second-order valence-corrected chi connectivity index (χ2v) is 11.8. The number of hydrogen-bond donors (Lipinski definition) is 0. The highest BCUT2D eigenvalue weighted by Gasteiger charge is 2.18. The Hall–Kier alpha value is -6.44. The van der Waals surface area contributed by atoms with E-state index in [0.29, 0.717) is 16.7 Å². The summed E-state index contributed by atoms with van der Waals surface area (Å²) in [5.41, 5.74) is 4.65. The van der Waals surface area contributed by atoms with Gasteiger partial charge in [0.2, 0.25) is 0 Å². The van der Waals surface area contributed by atoms with Gasteiger partial charge in [-0.15, -0.1) is 0 Å². The molecule has 1 nitrogen and oxygen atoms in total. The van der Waals surface area contributed by atoms with Crippen LogP contribution in [0.3, 0.4) is 0 Å². The van der Waals surface area contributed by atoms with E-state index >= 15 is 0 Å². The number of furan rings is 1. The third-order valence-electron chi connectivity index (χ3n) is 9.21. The van der Waals surface area contributed by atoms with Crippen molar-refractivity contribution in [2.75, 3.05) is 0 Å². The third-order valence-corrected chi connectivity index (χ3v) is 9.21. The van der Waals surface area contributed by atoms with Gasteiger partial charge in [-0.05, 0) is 83.4 Å². The topological polar surface area (TPSA) is 13.1 Å². The summed E-state index contributed by atoms with van der Waals surface area (Å²) in [5.74, 6) is 0. The van der Waals surface area contributed by atoms with Crippen LogP contribution < -0.4 is 0 Å². The molecule has 0 radical (unpaired) electrons. The standard InChI is InChI=1S/C48H30O/c1-2-13-33(14-3-1)46-39-17-6-8-19-41(39)47(42-20-9-7-18-40(42)46)34-26-24-32(25-27-34)38-22-11-23-43-44-30-35(28-29-45(44)49-48(38)43)37-21-10-15-31-12-4-5-16-36(31)37/h1-30H/i1D,2D,3D,6D,7D,8D,9D,13D,14D,17D,18D,19D,20D. The molecule has 49 heavy (non-hydrogen) atoms. The molecule has 0 aliphatic heterocycles. The van der Waals surface area contributed by atoms with Crippen molar-refractivity contribution in [2.24, 2.45) is 0 Å². The molecule has 0 saturated heterocycles. The zero-order valence-electron chi connectivity index (χ0n) is 38.7. The van der Waals surface area contributed by atoms with Crippen molar-refractivity contribution in [1.82, 2.24) is 0 Å². The Labute approximate surface area is 302 Å². The Morgan fingerprint density at radius 2 is 0.918 bits per heavy atom. The number of para-hydroxylation sites is 1. The summed E-state index contributed by atoms with van der Waals surface area (Å²) in [4.78, 5) is 0. The van der Waals surface area contributed by atoms with E-state index in [4.69, 9.17) is 16.8 Å². The van der Waals surface area contributed by atoms with Crippen molar-refractivity contribution in [1.29, 1.82) is 0 Å². The van der Waals surface area contributed by atoms with Crippen molar-refractivity contribution < 1.29 is 22.2 Å². The second-order valence-electron chi connectivity index (χ2n) is 11.8. The molecule has 0 N–H and O–H groups in total. The molecule has 10 rings (SSSR count). The van der Waals surface area contributed by atoms with E-state index in [1.807, 2.05) is 48.5 Å². The monoisotopic (exact) mass is 635 g/mol. The van der Waals surface area contributed by atoms with Gasteiger partial charge in [0.15, 0.2) is 0 Å². The molecule has 1 heteroatoms. The first-order valence-electron chi connectivity index (χ1n) is 22.3. The molecule has 1 aromatic heterocycles. The van der Waals surface area contributed by atoms with Crippen molar-refractivity contribution in [3.63, 3.8) is 0 Å². The van der Waals surface area contributed by atoms with Crippen molar-refractivity contribution in [3.05, 3.63) is 182 Å². The zero-order valence-corrected chi connectivity index (χ0v) is 25.7. The summed E-state index contributed by atoms with van der Waals surface area (Å²) in [5, 5.41) is 3.34. The van der Waals surface area contributed by atoms with Crippen molar-refractivity contribution in [2.45, 2.75) is 0 Å². The number of rotatable bonds is 4. The lowest BCUT2D eigenvalue weighted by molar-refractivity contribution is 0.670. The smallest absolute Gasteiger partial charge is 0.143 e. The van der Waals surface area contributed by atoms with E-state index in [1.54, 1.807) is 24.3 Å². The van der Waals surface area contributed by atoms with Gasteiger partial charge in [-0.25, -0.2) is 0 Å². The minimum absolute atomic E-state index is 0.0691. The van der Waals surface area contributed by atoms with E-state index in [9.17, 15) is 5.48 Å². The summed E-state index contributed by atoms with van der Waals surface area (Å²) in [6.45, 7) is 0. The van der Waals surface area contributed by atoms with Crippen LogP contribution >= 0.6 is 0 Å². The van der Waals surface area contributed by atoms with Crippen LogP contribution in [0.2, 0.25) is 0 Å². The van der Waals surface area contributed by atoms with Gasteiger partial charge in [0, 0.05) is 16.3 Å². The highest BCUT2D eigenvalue weighted by molar-refractivity contribution is 6.21. The summed E-state index contributed by atoms with van der Waals surface area (Å²) in [6, 6.07) is 25.2. The van der Waals surface area contributed by atoms with Crippen LogP contribution in [0.1, 0.15) is 17.8 Å². The predicted octanol–water partition coefficient (Wildman–Crippen LogP) is 13.7. The van der Waals surface area contributed by atoms with Crippen LogP contribution in [0.15, 0.2) is 186 Å². The minimum Gasteiger partial charge on any atom is -0.455 e. The van der Waals surface area contributed by atoms with Crippen molar-refractivity contribution >= 4 is 54.3 Å². The fourth-order valence-electron chi connectivity index (χ4n) is 7.03. The molecule has 0 aliphatic rings. The second kappa shape index (κ2) is 11.1. The molecule has 0 aliphatic carbocycles. The molecule has 1 heterocycles. The van der Waals surface area contributed by atoms with Crippen LogP contribution in [-0.4, -0.2) is 0 Å². The maximum Gasteiger partial charge on any atom is 0.143 e. The van der Waals surface area contributed by atoms with Crippen LogP contribution in [0.4, 0.5) is 0 Å². The largest absolute Gasteiger partial charge is 0.455 e.